The molecule has 2 aliphatic rings. The molecule has 3 aromatic carbocycles. The third-order valence-corrected chi connectivity index (χ3v) is 10.7. The van der Waals surface area contributed by atoms with E-state index in [1.165, 1.54) is 12.8 Å². The van der Waals surface area contributed by atoms with Gasteiger partial charge in [-0.25, -0.2) is 5.01 Å². The van der Waals surface area contributed by atoms with Gasteiger partial charge in [-0.2, -0.15) is 13.5 Å². The van der Waals surface area contributed by atoms with Crippen molar-refractivity contribution in [3.63, 3.8) is 0 Å². The Morgan fingerprint density at radius 3 is 2.00 bits per heavy atom. The molecule has 0 atom stereocenters. The Labute approximate surface area is 253 Å². The van der Waals surface area contributed by atoms with Crippen LogP contribution in [-0.2, 0) is 20.1 Å². The maximum atomic E-state index is 13.6. The summed E-state index contributed by atoms with van der Waals surface area (Å²) < 4.78 is 38.5. The van der Waals surface area contributed by atoms with Crippen molar-refractivity contribution in [3.05, 3.63) is 102 Å². The van der Waals surface area contributed by atoms with Crippen LogP contribution >= 0.6 is 0 Å². The summed E-state index contributed by atoms with van der Waals surface area (Å²) in [6, 6.07) is 27.4. The fourth-order valence-electron chi connectivity index (χ4n) is 5.85. The molecular weight excluding hydrogens is 561 g/mol. The minimum absolute atomic E-state index is 0.0240. The zero-order chi connectivity index (χ0) is 29.8. The number of sulfonamides is 1. The van der Waals surface area contributed by atoms with Gasteiger partial charge in [-0.15, -0.1) is 4.40 Å². The highest BCUT2D eigenvalue weighted by atomic mass is 32.2. The Balaban J connectivity index is 1.53. The quantitative estimate of drug-likeness (QED) is 0.152. The molecule has 42 heavy (non-hydrogen) atoms. The van der Waals surface area contributed by atoms with E-state index in [0.717, 1.165) is 29.5 Å². The lowest BCUT2D eigenvalue weighted by Gasteiger charge is -2.38. The van der Waals surface area contributed by atoms with Crippen LogP contribution in [0.2, 0.25) is 5.04 Å². The third-order valence-electron chi connectivity index (χ3n) is 7.96. The SMILES string of the molecule is CCNC(=NS(=O)(=O)c1ccc(C(O[SiH2]C(C)(C)C)(c2ccccc2)c2ccccc2)cc1)N1CC2(C=N1)CCCC2. The van der Waals surface area contributed by atoms with E-state index in [0.29, 0.717) is 13.1 Å². The van der Waals surface area contributed by atoms with Gasteiger partial charge in [-0.3, -0.25) is 0 Å². The molecule has 1 spiro atoms. The van der Waals surface area contributed by atoms with Crippen LogP contribution in [0.4, 0.5) is 0 Å². The largest absolute Gasteiger partial charge is 0.406 e. The molecule has 0 radical (unpaired) electrons. The Hall–Kier alpha value is -3.27. The summed E-state index contributed by atoms with van der Waals surface area (Å²) in [5, 5.41) is 9.45. The smallest absolute Gasteiger partial charge is 0.285 e. The fourth-order valence-corrected chi connectivity index (χ4v) is 7.97. The zero-order valence-corrected chi connectivity index (χ0v) is 27.3. The molecule has 1 aliphatic carbocycles. The summed E-state index contributed by atoms with van der Waals surface area (Å²) in [6.07, 6.45) is 6.49. The van der Waals surface area contributed by atoms with Crippen LogP contribution in [0.25, 0.3) is 0 Å². The molecule has 1 aliphatic heterocycles. The van der Waals surface area contributed by atoms with E-state index >= 15 is 0 Å². The van der Waals surface area contributed by atoms with Crippen LogP contribution in [0.5, 0.6) is 0 Å². The number of hydrogen-bond donors (Lipinski definition) is 1. The summed E-state index contributed by atoms with van der Waals surface area (Å²) in [6.45, 7) is 9.73. The summed E-state index contributed by atoms with van der Waals surface area (Å²) in [4.78, 5) is 0.128. The lowest BCUT2D eigenvalue weighted by atomic mass is 9.80. The average Bonchev–Trinajstić information content (AvgIpc) is 3.63. The molecule has 0 amide bonds. The summed E-state index contributed by atoms with van der Waals surface area (Å²) >= 11 is 0. The number of hydrogen-bond acceptors (Lipinski definition) is 4. The van der Waals surface area contributed by atoms with Gasteiger partial charge in [0, 0.05) is 18.2 Å². The maximum Gasteiger partial charge on any atom is 0.285 e. The van der Waals surface area contributed by atoms with Gasteiger partial charge in [0.05, 0.1) is 11.4 Å². The number of nitrogens with zero attached hydrogens (tertiary/aromatic N) is 3. The molecule has 0 bridgehead atoms. The molecule has 0 saturated heterocycles. The second-order valence-electron chi connectivity index (χ2n) is 12.6. The number of guanidine groups is 1. The minimum atomic E-state index is -4.00. The molecule has 3 aromatic rings. The van der Waals surface area contributed by atoms with Gasteiger partial charge < -0.3 is 9.74 Å². The second-order valence-corrected chi connectivity index (χ2v) is 16.9. The van der Waals surface area contributed by atoms with E-state index < -0.39 is 25.4 Å². The van der Waals surface area contributed by atoms with Crippen molar-refractivity contribution < 1.29 is 12.8 Å². The van der Waals surface area contributed by atoms with Crippen molar-refractivity contribution >= 4 is 32.0 Å². The second kappa shape index (κ2) is 12.1. The average molecular weight is 603 g/mol. The molecule has 7 nitrogen and oxygen atoms in total. The first kappa shape index (κ1) is 30.2. The fraction of sp³-hybridized carbons (Fsp3) is 0.394. The van der Waals surface area contributed by atoms with Gasteiger partial charge in [-0.1, -0.05) is 106 Å². The summed E-state index contributed by atoms with van der Waals surface area (Å²) in [5.74, 6) is 0.268. The Kier molecular flexibility index (Phi) is 8.73. The monoisotopic (exact) mass is 602 g/mol. The number of nitrogens with one attached hydrogen (secondary N) is 1. The standard InChI is InChI=1S/C33H42N4O3SSi/c1-5-34-30(37-25-32(24-35-37)22-12-13-23-32)36-41(38,39)29-20-18-28(19-21-29)33(40-42-31(2,3)4,26-14-8-6-9-15-26)27-16-10-7-11-17-27/h6-11,14-21,24H,5,12-13,22-23,25,42H2,1-4H3,(H,34,36). The van der Waals surface area contributed by atoms with Crippen molar-refractivity contribution in [2.24, 2.45) is 14.9 Å². The van der Waals surface area contributed by atoms with Gasteiger partial charge in [0.25, 0.3) is 10.0 Å². The lowest BCUT2D eigenvalue weighted by Crippen LogP contribution is -2.40. The first-order chi connectivity index (χ1) is 20.1. The minimum Gasteiger partial charge on any atom is -0.406 e. The van der Waals surface area contributed by atoms with Gasteiger partial charge in [0.1, 0.15) is 5.60 Å². The highest BCUT2D eigenvalue weighted by Gasteiger charge is 2.40. The third kappa shape index (κ3) is 6.38. The van der Waals surface area contributed by atoms with Crippen LogP contribution in [0.15, 0.2) is 99.3 Å². The lowest BCUT2D eigenvalue weighted by molar-refractivity contribution is 0.156. The highest BCUT2D eigenvalue weighted by molar-refractivity contribution is 7.90. The Morgan fingerprint density at radius 1 is 0.929 bits per heavy atom. The molecule has 5 rings (SSSR count). The zero-order valence-electron chi connectivity index (χ0n) is 25.1. The van der Waals surface area contributed by atoms with Crippen LogP contribution in [0.1, 0.15) is 70.1 Å². The molecule has 222 valence electrons. The topological polar surface area (TPSA) is 83.4 Å². The van der Waals surface area contributed by atoms with E-state index in [1.807, 2.05) is 61.7 Å². The van der Waals surface area contributed by atoms with E-state index in [-0.39, 0.29) is 21.3 Å². The van der Waals surface area contributed by atoms with E-state index in [1.54, 1.807) is 17.1 Å². The number of hydrazone groups is 1. The first-order valence-electron chi connectivity index (χ1n) is 14.8. The van der Waals surface area contributed by atoms with E-state index in [9.17, 15) is 8.42 Å². The molecule has 1 saturated carbocycles. The summed E-state index contributed by atoms with van der Waals surface area (Å²) in [7, 11) is -5.03. The molecule has 1 fully saturated rings. The predicted octanol–water partition coefficient (Wildman–Crippen LogP) is 5.81. The van der Waals surface area contributed by atoms with E-state index in [4.69, 9.17) is 4.43 Å². The van der Waals surface area contributed by atoms with Crippen LogP contribution < -0.4 is 5.32 Å². The van der Waals surface area contributed by atoms with Crippen molar-refractivity contribution in [2.45, 2.75) is 68.9 Å². The number of rotatable bonds is 8. The summed E-state index contributed by atoms with van der Waals surface area (Å²) in [5.41, 5.74) is 2.03. The molecule has 0 unspecified atom stereocenters. The first-order valence-corrected chi connectivity index (χ1v) is 17.6. The Morgan fingerprint density at radius 2 is 1.48 bits per heavy atom. The van der Waals surface area contributed by atoms with Gasteiger partial charge in [0.15, 0.2) is 9.76 Å². The predicted molar refractivity (Wildman–Crippen MR) is 173 cm³/mol. The van der Waals surface area contributed by atoms with E-state index in [2.05, 4.69) is 59.9 Å². The van der Waals surface area contributed by atoms with Crippen molar-refractivity contribution in [3.8, 4) is 0 Å². The molecule has 0 aromatic heterocycles. The van der Waals surface area contributed by atoms with Gasteiger partial charge in [-0.05, 0) is 53.6 Å². The normalized spacial score (nSPS) is 17.5. The molecule has 9 heteroatoms. The van der Waals surface area contributed by atoms with Crippen LogP contribution in [0, 0.1) is 5.41 Å². The molecule has 1 N–H and O–H groups in total. The van der Waals surface area contributed by atoms with Gasteiger partial charge in [0.2, 0.25) is 5.96 Å². The van der Waals surface area contributed by atoms with Crippen molar-refractivity contribution in [1.82, 2.24) is 10.3 Å². The van der Waals surface area contributed by atoms with Crippen molar-refractivity contribution in [1.29, 1.82) is 0 Å². The van der Waals surface area contributed by atoms with Gasteiger partial charge >= 0.3 is 0 Å². The Bertz CT molecular complexity index is 1470. The van der Waals surface area contributed by atoms with Crippen molar-refractivity contribution in [2.75, 3.05) is 13.1 Å². The van der Waals surface area contributed by atoms with Crippen LogP contribution in [0.3, 0.4) is 0 Å². The van der Waals surface area contributed by atoms with Crippen LogP contribution in [-0.4, -0.2) is 48.5 Å². The maximum absolute atomic E-state index is 13.6. The highest BCUT2D eigenvalue weighted by Crippen LogP contribution is 2.43. The molecular formula is C33H42N4O3SSi. The number of benzene rings is 3. The molecule has 1 heterocycles.